The molecular formula is C12H10BrF2NOS. The monoisotopic (exact) mass is 333 g/mol. The molecule has 0 radical (unpaired) electrons. The van der Waals surface area contributed by atoms with E-state index in [0.29, 0.717) is 6.54 Å². The molecule has 0 aliphatic heterocycles. The molecule has 1 aromatic carbocycles. The van der Waals surface area contributed by atoms with Gasteiger partial charge in [0, 0.05) is 12.2 Å². The molecule has 0 saturated carbocycles. The van der Waals surface area contributed by atoms with E-state index >= 15 is 0 Å². The van der Waals surface area contributed by atoms with Gasteiger partial charge in [-0.3, -0.25) is 0 Å². The van der Waals surface area contributed by atoms with Crippen LogP contribution in [0.2, 0.25) is 0 Å². The predicted octanol–water partition coefficient (Wildman–Crippen LogP) is 4.72. The molecule has 1 heterocycles. The zero-order chi connectivity index (χ0) is 13.0. The number of hydrogen-bond acceptors (Lipinski definition) is 3. The summed E-state index contributed by atoms with van der Waals surface area (Å²) >= 11 is 5.02. The Morgan fingerprint density at radius 2 is 2.00 bits per heavy atom. The summed E-state index contributed by atoms with van der Waals surface area (Å²) in [6, 6.07) is 8.47. The van der Waals surface area contributed by atoms with Crippen molar-refractivity contribution in [3.05, 3.63) is 45.1 Å². The Hall–Kier alpha value is -1.14. The molecule has 0 saturated heterocycles. The Labute approximate surface area is 116 Å². The number of ether oxygens (including phenoxy) is 1. The van der Waals surface area contributed by atoms with Gasteiger partial charge in [-0.25, -0.2) is 0 Å². The smallest absolute Gasteiger partial charge is 0.387 e. The van der Waals surface area contributed by atoms with Crippen LogP contribution in [0.5, 0.6) is 5.75 Å². The summed E-state index contributed by atoms with van der Waals surface area (Å²) in [4.78, 5) is 0. The van der Waals surface area contributed by atoms with Crippen LogP contribution in [0.3, 0.4) is 0 Å². The van der Waals surface area contributed by atoms with Gasteiger partial charge >= 0.3 is 6.61 Å². The Bertz CT molecular complexity index is 501. The highest BCUT2D eigenvalue weighted by Crippen LogP contribution is 2.22. The van der Waals surface area contributed by atoms with Crippen molar-refractivity contribution >= 4 is 33.0 Å². The summed E-state index contributed by atoms with van der Waals surface area (Å²) in [6.45, 7) is -2.09. The van der Waals surface area contributed by atoms with Crippen LogP contribution < -0.4 is 10.1 Å². The van der Waals surface area contributed by atoms with Gasteiger partial charge in [-0.2, -0.15) is 8.78 Å². The Morgan fingerprint density at radius 1 is 1.28 bits per heavy atom. The van der Waals surface area contributed by atoms with E-state index in [9.17, 15) is 8.78 Å². The number of anilines is 1. The fraction of sp³-hybridized carbons (Fsp3) is 0.167. The topological polar surface area (TPSA) is 21.3 Å². The summed E-state index contributed by atoms with van der Waals surface area (Å²) in [7, 11) is 0. The lowest BCUT2D eigenvalue weighted by Gasteiger charge is -2.07. The van der Waals surface area contributed by atoms with Crippen LogP contribution in [0.25, 0.3) is 0 Å². The van der Waals surface area contributed by atoms with Gasteiger partial charge in [0.15, 0.2) is 0 Å². The molecule has 0 aliphatic carbocycles. The number of benzene rings is 1. The molecule has 1 aromatic heterocycles. The standard InChI is InChI=1S/C12H10BrF2NOS/c13-11-5-8(7-18-11)6-16-9-1-3-10(4-2-9)17-12(14)15/h1-5,7,12,16H,6H2. The molecule has 96 valence electrons. The van der Waals surface area contributed by atoms with Crippen molar-refractivity contribution in [3.8, 4) is 5.75 Å². The number of alkyl halides is 2. The molecule has 0 spiro atoms. The van der Waals surface area contributed by atoms with Crippen LogP contribution >= 0.6 is 27.3 Å². The largest absolute Gasteiger partial charge is 0.435 e. The molecule has 1 N–H and O–H groups in total. The molecule has 0 aliphatic rings. The third-order valence-electron chi connectivity index (χ3n) is 2.20. The maximum Gasteiger partial charge on any atom is 0.387 e. The van der Waals surface area contributed by atoms with E-state index < -0.39 is 6.61 Å². The molecule has 0 amide bonds. The summed E-state index contributed by atoms with van der Waals surface area (Å²) in [5, 5.41) is 5.24. The highest BCUT2D eigenvalue weighted by atomic mass is 79.9. The van der Waals surface area contributed by atoms with Crippen molar-refractivity contribution in [2.45, 2.75) is 13.2 Å². The molecule has 0 atom stereocenters. The molecular weight excluding hydrogens is 324 g/mol. The zero-order valence-corrected chi connectivity index (χ0v) is 11.6. The van der Waals surface area contributed by atoms with Gasteiger partial charge in [-0.1, -0.05) is 0 Å². The Morgan fingerprint density at radius 3 is 2.56 bits per heavy atom. The number of thiophene rings is 1. The minimum atomic E-state index is -2.79. The molecule has 0 bridgehead atoms. The first-order valence-corrected chi connectivity index (χ1v) is 6.82. The van der Waals surface area contributed by atoms with Crippen molar-refractivity contribution in [1.29, 1.82) is 0 Å². The SMILES string of the molecule is FC(F)Oc1ccc(NCc2csc(Br)c2)cc1. The van der Waals surface area contributed by atoms with Crippen molar-refractivity contribution in [3.63, 3.8) is 0 Å². The van der Waals surface area contributed by atoms with E-state index in [1.54, 1.807) is 23.5 Å². The van der Waals surface area contributed by atoms with Gasteiger partial charge in [-0.05, 0) is 57.2 Å². The van der Waals surface area contributed by atoms with E-state index in [4.69, 9.17) is 0 Å². The minimum Gasteiger partial charge on any atom is -0.435 e. The van der Waals surface area contributed by atoms with E-state index in [2.05, 4.69) is 26.0 Å². The lowest BCUT2D eigenvalue weighted by atomic mass is 10.3. The van der Waals surface area contributed by atoms with E-state index in [0.717, 1.165) is 9.47 Å². The second kappa shape index (κ2) is 6.15. The Balaban J connectivity index is 1.90. The van der Waals surface area contributed by atoms with Crippen molar-refractivity contribution in [2.24, 2.45) is 0 Å². The van der Waals surface area contributed by atoms with Crippen LogP contribution in [0, 0.1) is 0 Å². The highest BCUT2D eigenvalue weighted by Gasteiger charge is 2.03. The van der Waals surface area contributed by atoms with Crippen molar-refractivity contribution in [2.75, 3.05) is 5.32 Å². The molecule has 2 rings (SSSR count). The van der Waals surface area contributed by atoms with Crippen LogP contribution in [0.4, 0.5) is 14.5 Å². The first kappa shape index (κ1) is 13.3. The second-order valence-corrected chi connectivity index (χ2v) is 5.81. The fourth-order valence-corrected chi connectivity index (χ4v) is 2.61. The third-order valence-corrected chi connectivity index (χ3v) is 3.75. The average Bonchev–Trinajstić information content (AvgIpc) is 2.74. The normalized spacial score (nSPS) is 10.7. The fourth-order valence-electron chi connectivity index (χ4n) is 1.40. The van der Waals surface area contributed by atoms with E-state index in [-0.39, 0.29) is 5.75 Å². The van der Waals surface area contributed by atoms with E-state index in [1.807, 2.05) is 11.4 Å². The summed E-state index contributed by atoms with van der Waals surface area (Å²) in [6.07, 6.45) is 0. The lowest BCUT2D eigenvalue weighted by Crippen LogP contribution is -2.02. The Kier molecular flexibility index (Phi) is 4.54. The molecule has 2 aromatic rings. The average molecular weight is 334 g/mol. The summed E-state index contributed by atoms with van der Waals surface area (Å²) in [5.74, 6) is 0.161. The van der Waals surface area contributed by atoms with Crippen LogP contribution in [0.1, 0.15) is 5.56 Å². The van der Waals surface area contributed by atoms with Crippen LogP contribution in [-0.4, -0.2) is 6.61 Å². The van der Waals surface area contributed by atoms with Gasteiger partial charge in [-0.15, -0.1) is 11.3 Å². The quantitative estimate of drug-likeness (QED) is 0.854. The van der Waals surface area contributed by atoms with Crippen LogP contribution in [0.15, 0.2) is 39.5 Å². The molecule has 0 fully saturated rings. The maximum absolute atomic E-state index is 12.0. The van der Waals surface area contributed by atoms with Gasteiger partial charge in [0.25, 0.3) is 0 Å². The van der Waals surface area contributed by atoms with Crippen molar-refractivity contribution < 1.29 is 13.5 Å². The molecule has 18 heavy (non-hydrogen) atoms. The number of hydrogen-bond donors (Lipinski definition) is 1. The first-order valence-electron chi connectivity index (χ1n) is 5.15. The maximum atomic E-state index is 12.0. The number of nitrogens with one attached hydrogen (secondary N) is 1. The number of halogens is 3. The highest BCUT2D eigenvalue weighted by molar-refractivity contribution is 9.11. The third kappa shape index (κ3) is 3.96. The van der Waals surface area contributed by atoms with E-state index in [1.165, 1.54) is 17.7 Å². The number of rotatable bonds is 5. The summed E-state index contributed by atoms with van der Waals surface area (Å²) in [5.41, 5.74) is 2.03. The van der Waals surface area contributed by atoms with Gasteiger partial charge in [0.05, 0.1) is 3.79 Å². The summed E-state index contributed by atoms with van der Waals surface area (Å²) < 4.78 is 29.3. The van der Waals surface area contributed by atoms with Crippen LogP contribution in [-0.2, 0) is 6.54 Å². The minimum absolute atomic E-state index is 0.161. The van der Waals surface area contributed by atoms with Gasteiger partial charge in [0.1, 0.15) is 5.75 Å². The van der Waals surface area contributed by atoms with Crippen molar-refractivity contribution in [1.82, 2.24) is 0 Å². The molecule has 2 nitrogen and oxygen atoms in total. The second-order valence-electron chi connectivity index (χ2n) is 3.52. The predicted molar refractivity (Wildman–Crippen MR) is 72.4 cm³/mol. The van der Waals surface area contributed by atoms with Gasteiger partial charge < -0.3 is 10.1 Å². The molecule has 0 unspecified atom stereocenters. The lowest BCUT2D eigenvalue weighted by molar-refractivity contribution is -0.0498. The molecule has 6 heteroatoms. The first-order chi connectivity index (χ1) is 8.63. The van der Waals surface area contributed by atoms with Gasteiger partial charge in [0.2, 0.25) is 0 Å². The zero-order valence-electron chi connectivity index (χ0n) is 9.20.